The summed E-state index contributed by atoms with van der Waals surface area (Å²) in [5.41, 5.74) is 0.362. The van der Waals surface area contributed by atoms with Crippen LogP contribution in [0.5, 0.6) is 0 Å². The van der Waals surface area contributed by atoms with Crippen molar-refractivity contribution in [1.29, 1.82) is 0 Å². The maximum atomic E-state index is 12.1. The average molecular weight is 375 g/mol. The van der Waals surface area contributed by atoms with Gasteiger partial charge in [0.05, 0.1) is 12.0 Å². The molecule has 1 rings (SSSR count). The minimum atomic E-state index is -1.07. The summed E-state index contributed by atoms with van der Waals surface area (Å²) in [6.07, 6.45) is 13.8. The Kier molecular flexibility index (Phi) is 12.1. The van der Waals surface area contributed by atoms with Crippen LogP contribution in [0.3, 0.4) is 0 Å². The molecule has 0 unspecified atom stereocenters. The molecule has 0 spiro atoms. The summed E-state index contributed by atoms with van der Waals surface area (Å²) in [4.78, 5) is 35.0. The number of unbranched alkanes of at least 4 members (excludes halogenated alkanes) is 10. The highest BCUT2D eigenvalue weighted by Gasteiger charge is 2.13. The number of carboxylic acid groups (broad SMARTS) is 1. The Labute approximate surface area is 163 Å². The number of hydrogen-bond donors (Lipinski definition) is 1. The molecule has 4 nitrogen and oxygen atoms in total. The number of rotatable bonds is 16. The minimum Gasteiger partial charge on any atom is -0.478 e. The maximum Gasteiger partial charge on any atom is 0.335 e. The van der Waals surface area contributed by atoms with E-state index in [2.05, 4.69) is 6.92 Å². The lowest BCUT2D eigenvalue weighted by Gasteiger charge is -2.04. The lowest BCUT2D eigenvalue weighted by Crippen LogP contribution is -2.09. The summed E-state index contributed by atoms with van der Waals surface area (Å²) in [7, 11) is 0. The van der Waals surface area contributed by atoms with Crippen LogP contribution in [0.4, 0.5) is 0 Å². The van der Waals surface area contributed by atoms with Crippen molar-refractivity contribution in [1.82, 2.24) is 0 Å². The van der Waals surface area contributed by atoms with Crippen LogP contribution < -0.4 is 0 Å². The van der Waals surface area contributed by atoms with Crippen molar-refractivity contribution in [3.63, 3.8) is 0 Å². The summed E-state index contributed by atoms with van der Waals surface area (Å²) in [6.45, 7) is 2.23. The fourth-order valence-electron chi connectivity index (χ4n) is 3.18. The lowest BCUT2D eigenvalue weighted by molar-refractivity contribution is -0.118. The van der Waals surface area contributed by atoms with Gasteiger partial charge in [-0.2, -0.15) is 0 Å². The second kappa shape index (κ2) is 14.1. The van der Waals surface area contributed by atoms with Crippen LogP contribution in [0.25, 0.3) is 0 Å². The molecule has 0 saturated heterocycles. The zero-order valence-electron chi connectivity index (χ0n) is 16.7. The second-order valence-electron chi connectivity index (χ2n) is 7.31. The first kappa shape index (κ1) is 23.1. The molecule has 0 aliphatic heterocycles. The molecular formula is C23H34O4. The van der Waals surface area contributed by atoms with E-state index >= 15 is 0 Å². The predicted molar refractivity (Wildman–Crippen MR) is 108 cm³/mol. The Morgan fingerprint density at radius 1 is 0.778 bits per heavy atom. The standard InChI is InChI=1S/C23H34O4/c1-2-3-4-5-6-7-8-9-10-11-12-16-21(24)18-22(25)19-14-13-15-20(17-19)23(26)27/h13-15,17H,2-12,16,18H2,1H3,(H,26,27). The Hall–Kier alpha value is -1.97. The third-order valence-corrected chi connectivity index (χ3v) is 4.85. The van der Waals surface area contributed by atoms with Crippen molar-refractivity contribution < 1.29 is 19.5 Å². The molecule has 27 heavy (non-hydrogen) atoms. The number of ketones is 2. The molecule has 0 aromatic heterocycles. The minimum absolute atomic E-state index is 0.0587. The summed E-state index contributed by atoms with van der Waals surface area (Å²) < 4.78 is 0. The molecular weight excluding hydrogens is 340 g/mol. The van der Waals surface area contributed by atoms with Crippen LogP contribution in [-0.4, -0.2) is 22.6 Å². The van der Waals surface area contributed by atoms with Crippen molar-refractivity contribution in [2.45, 2.75) is 90.4 Å². The first-order valence-electron chi connectivity index (χ1n) is 10.4. The van der Waals surface area contributed by atoms with Crippen LogP contribution in [0.15, 0.2) is 24.3 Å². The molecule has 0 radical (unpaired) electrons. The molecule has 0 aliphatic carbocycles. The van der Waals surface area contributed by atoms with Gasteiger partial charge in [0.1, 0.15) is 5.78 Å². The average Bonchev–Trinajstić information content (AvgIpc) is 2.66. The number of carbonyl (C=O) groups is 3. The summed E-state index contributed by atoms with van der Waals surface area (Å²) in [6, 6.07) is 5.86. The van der Waals surface area contributed by atoms with Crippen LogP contribution >= 0.6 is 0 Å². The Morgan fingerprint density at radius 3 is 1.85 bits per heavy atom. The highest BCUT2D eigenvalue weighted by atomic mass is 16.4. The van der Waals surface area contributed by atoms with Crippen LogP contribution in [-0.2, 0) is 4.79 Å². The molecule has 4 heteroatoms. The number of benzene rings is 1. The summed E-state index contributed by atoms with van der Waals surface area (Å²) >= 11 is 0. The van der Waals surface area contributed by atoms with Crippen molar-refractivity contribution in [3.8, 4) is 0 Å². The highest BCUT2D eigenvalue weighted by molar-refractivity contribution is 6.08. The van der Waals surface area contributed by atoms with Gasteiger partial charge >= 0.3 is 5.97 Å². The number of carbonyl (C=O) groups excluding carboxylic acids is 2. The summed E-state index contributed by atoms with van der Waals surface area (Å²) in [5.74, 6) is -1.43. The van der Waals surface area contributed by atoms with Gasteiger partial charge in [-0.25, -0.2) is 4.79 Å². The van der Waals surface area contributed by atoms with Gasteiger partial charge in [0, 0.05) is 12.0 Å². The van der Waals surface area contributed by atoms with E-state index in [1.165, 1.54) is 69.6 Å². The molecule has 1 N–H and O–H groups in total. The molecule has 1 aromatic rings. The van der Waals surface area contributed by atoms with Crippen LogP contribution in [0.1, 0.15) is 111 Å². The van der Waals surface area contributed by atoms with Crippen molar-refractivity contribution in [3.05, 3.63) is 35.4 Å². The van der Waals surface area contributed by atoms with Gasteiger partial charge in [-0.1, -0.05) is 83.3 Å². The molecule has 0 atom stereocenters. The largest absolute Gasteiger partial charge is 0.478 e. The predicted octanol–water partition coefficient (Wildman–Crippen LogP) is 6.23. The first-order valence-corrected chi connectivity index (χ1v) is 10.4. The highest BCUT2D eigenvalue weighted by Crippen LogP contribution is 2.13. The number of carboxylic acids is 1. The Bertz CT molecular complexity index is 592. The monoisotopic (exact) mass is 374 g/mol. The smallest absolute Gasteiger partial charge is 0.335 e. The van der Waals surface area contributed by atoms with E-state index in [9.17, 15) is 14.4 Å². The zero-order chi connectivity index (χ0) is 19.9. The number of aromatic carboxylic acids is 1. The Balaban J connectivity index is 2.09. The molecule has 0 amide bonds. The normalized spacial score (nSPS) is 10.7. The maximum absolute atomic E-state index is 12.1. The second-order valence-corrected chi connectivity index (χ2v) is 7.31. The molecule has 0 bridgehead atoms. The molecule has 0 fully saturated rings. The third kappa shape index (κ3) is 10.7. The lowest BCUT2D eigenvalue weighted by atomic mass is 10.0. The van der Waals surface area contributed by atoms with E-state index in [1.54, 1.807) is 6.07 Å². The van der Waals surface area contributed by atoms with Gasteiger partial charge < -0.3 is 5.11 Å². The fraction of sp³-hybridized carbons (Fsp3) is 0.609. The van der Waals surface area contributed by atoms with Gasteiger partial charge in [-0.05, 0) is 18.6 Å². The molecule has 1 aromatic carbocycles. The number of Topliss-reactive ketones (excluding diaryl/α,β-unsaturated/α-hetero) is 2. The third-order valence-electron chi connectivity index (χ3n) is 4.85. The Morgan fingerprint density at radius 2 is 1.30 bits per heavy atom. The van der Waals surface area contributed by atoms with E-state index in [-0.39, 0.29) is 23.6 Å². The molecule has 0 saturated carbocycles. The van der Waals surface area contributed by atoms with E-state index in [1.807, 2.05) is 0 Å². The number of hydrogen-bond acceptors (Lipinski definition) is 3. The van der Waals surface area contributed by atoms with Crippen LogP contribution in [0.2, 0.25) is 0 Å². The van der Waals surface area contributed by atoms with Gasteiger partial charge in [0.15, 0.2) is 5.78 Å². The molecule has 0 aliphatic rings. The first-order chi connectivity index (χ1) is 13.0. The molecule has 0 heterocycles. The van der Waals surface area contributed by atoms with Crippen molar-refractivity contribution >= 4 is 17.5 Å². The van der Waals surface area contributed by atoms with Gasteiger partial charge in [-0.3, -0.25) is 9.59 Å². The quantitative estimate of drug-likeness (QED) is 0.211. The zero-order valence-corrected chi connectivity index (χ0v) is 16.7. The van der Waals surface area contributed by atoms with E-state index < -0.39 is 5.97 Å². The fourth-order valence-corrected chi connectivity index (χ4v) is 3.18. The van der Waals surface area contributed by atoms with E-state index in [0.717, 1.165) is 19.3 Å². The van der Waals surface area contributed by atoms with Crippen LogP contribution in [0, 0.1) is 0 Å². The van der Waals surface area contributed by atoms with E-state index in [0.29, 0.717) is 12.0 Å². The van der Waals surface area contributed by atoms with Gasteiger partial charge in [-0.15, -0.1) is 0 Å². The van der Waals surface area contributed by atoms with Gasteiger partial charge in [0.25, 0.3) is 0 Å². The summed E-state index contributed by atoms with van der Waals surface area (Å²) in [5, 5.41) is 8.96. The van der Waals surface area contributed by atoms with Gasteiger partial charge in [0.2, 0.25) is 0 Å². The topological polar surface area (TPSA) is 71.4 Å². The van der Waals surface area contributed by atoms with Crippen molar-refractivity contribution in [2.24, 2.45) is 0 Å². The SMILES string of the molecule is CCCCCCCCCCCCCC(=O)CC(=O)c1cccc(C(=O)O)c1. The van der Waals surface area contributed by atoms with Crippen molar-refractivity contribution in [2.75, 3.05) is 0 Å². The van der Waals surface area contributed by atoms with E-state index in [4.69, 9.17) is 5.11 Å². The molecule has 150 valence electrons.